The fraction of sp³-hybridized carbons (Fsp3) is 0.154. The van der Waals surface area contributed by atoms with Crippen LogP contribution in [0.5, 0.6) is 17.2 Å². The number of nitrogens with one attached hydrogen (secondary N) is 2. The third kappa shape index (κ3) is 6.23. The number of carbonyl (C=O) groups is 3. The van der Waals surface area contributed by atoms with Crippen LogP contribution >= 0.6 is 0 Å². The predicted molar refractivity (Wildman–Crippen MR) is 131 cm³/mol. The Balaban J connectivity index is 1.64. The molecule has 9 heteroatoms. The Morgan fingerprint density at radius 3 is 2.17 bits per heavy atom. The molecule has 0 radical (unpaired) electrons. The van der Waals surface area contributed by atoms with Crippen molar-refractivity contribution in [1.82, 2.24) is 5.43 Å². The molecule has 3 aromatic carbocycles. The number of hydrazone groups is 1. The van der Waals surface area contributed by atoms with Gasteiger partial charge in [0.05, 0.1) is 20.4 Å². The van der Waals surface area contributed by atoms with E-state index in [0.717, 1.165) is 11.1 Å². The summed E-state index contributed by atoms with van der Waals surface area (Å²) in [6.07, 6.45) is 1.33. The van der Waals surface area contributed by atoms with Crippen molar-refractivity contribution in [2.45, 2.75) is 13.8 Å². The Morgan fingerprint density at radius 1 is 0.800 bits per heavy atom. The van der Waals surface area contributed by atoms with Crippen molar-refractivity contribution in [3.8, 4) is 17.2 Å². The Kier molecular flexibility index (Phi) is 8.18. The van der Waals surface area contributed by atoms with E-state index in [4.69, 9.17) is 14.2 Å². The molecule has 35 heavy (non-hydrogen) atoms. The molecule has 180 valence electrons. The standard InChI is InChI=1S/C26H25N3O6/c1-16-8-7-9-17(2)23(16)28-24(30)25(31)29-27-15-18-12-13-21(22(14-18)34-4)35-26(32)19-10-5-6-11-20(19)33-3/h5-15H,1-4H3,(H,28,30)(H,29,31). The lowest BCUT2D eigenvalue weighted by Gasteiger charge is -2.11. The Labute approximate surface area is 202 Å². The molecule has 2 N–H and O–H groups in total. The first-order valence-electron chi connectivity index (χ1n) is 10.6. The fourth-order valence-electron chi connectivity index (χ4n) is 3.22. The van der Waals surface area contributed by atoms with Crippen LogP contribution in [-0.2, 0) is 9.59 Å². The minimum Gasteiger partial charge on any atom is -0.496 e. The van der Waals surface area contributed by atoms with Gasteiger partial charge < -0.3 is 19.5 Å². The summed E-state index contributed by atoms with van der Waals surface area (Å²) in [5.74, 6) is -1.51. The highest BCUT2D eigenvalue weighted by atomic mass is 16.6. The van der Waals surface area contributed by atoms with Crippen molar-refractivity contribution < 1.29 is 28.6 Å². The molecular weight excluding hydrogens is 450 g/mol. The van der Waals surface area contributed by atoms with E-state index in [-0.39, 0.29) is 17.1 Å². The minimum atomic E-state index is -0.918. The van der Waals surface area contributed by atoms with Crippen LogP contribution in [0.3, 0.4) is 0 Å². The highest BCUT2D eigenvalue weighted by Crippen LogP contribution is 2.29. The summed E-state index contributed by atoms with van der Waals surface area (Å²) in [6, 6.07) is 16.9. The average Bonchev–Trinajstić information content (AvgIpc) is 2.86. The van der Waals surface area contributed by atoms with E-state index in [1.807, 2.05) is 32.0 Å². The van der Waals surface area contributed by atoms with Crippen LogP contribution in [0.15, 0.2) is 65.8 Å². The molecule has 2 amide bonds. The predicted octanol–water partition coefficient (Wildman–Crippen LogP) is 3.63. The first-order valence-corrected chi connectivity index (χ1v) is 10.6. The van der Waals surface area contributed by atoms with Gasteiger partial charge in [0, 0.05) is 5.69 Å². The van der Waals surface area contributed by atoms with Crippen molar-refractivity contribution in [3.63, 3.8) is 0 Å². The molecule has 0 unspecified atom stereocenters. The van der Waals surface area contributed by atoms with Crippen LogP contribution in [0.4, 0.5) is 5.69 Å². The van der Waals surface area contributed by atoms with E-state index in [0.29, 0.717) is 17.0 Å². The molecule has 0 aliphatic rings. The lowest BCUT2D eigenvalue weighted by atomic mass is 10.1. The molecule has 3 rings (SSSR count). The smallest absolute Gasteiger partial charge is 0.347 e. The van der Waals surface area contributed by atoms with Crippen LogP contribution in [0.2, 0.25) is 0 Å². The Morgan fingerprint density at radius 2 is 1.49 bits per heavy atom. The van der Waals surface area contributed by atoms with Gasteiger partial charge in [-0.05, 0) is 60.9 Å². The topological polar surface area (TPSA) is 115 Å². The zero-order valence-corrected chi connectivity index (χ0v) is 19.7. The van der Waals surface area contributed by atoms with Crippen LogP contribution in [0.1, 0.15) is 27.0 Å². The summed E-state index contributed by atoms with van der Waals surface area (Å²) in [6.45, 7) is 3.67. The number of nitrogens with zero attached hydrogens (tertiary/aromatic N) is 1. The summed E-state index contributed by atoms with van der Waals surface area (Å²) in [5, 5.41) is 6.41. The number of aryl methyl sites for hydroxylation is 2. The first kappa shape index (κ1) is 25.0. The third-order valence-electron chi connectivity index (χ3n) is 5.02. The largest absolute Gasteiger partial charge is 0.496 e. The lowest BCUT2D eigenvalue weighted by molar-refractivity contribution is -0.136. The van der Waals surface area contributed by atoms with Crippen LogP contribution in [0, 0.1) is 13.8 Å². The van der Waals surface area contributed by atoms with E-state index < -0.39 is 17.8 Å². The molecular formula is C26H25N3O6. The van der Waals surface area contributed by atoms with E-state index >= 15 is 0 Å². The summed E-state index contributed by atoms with van der Waals surface area (Å²) >= 11 is 0. The summed E-state index contributed by atoms with van der Waals surface area (Å²) in [4.78, 5) is 36.9. The molecule has 0 aliphatic heterocycles. The van der Waals surface area contributed by atoms with Crippen molar-refractivity contribution >= 4 is 29.7 Å². The van der Waals surface area contributed by atoms with Crippen molar-refractivity contribution in [1.29, 1.82) is 0 Å². The highest BCUT2D eigenvalue weighted by molar-refractivity contribution is 6.39. The quantitative estimate of drug-likeness (QED) is 0.177. The second-order valence-corrected chi connectivity index (χ2v) is 7.42. The maximum absolute atomic E-state index is 12.6. The SMILES string of the molecule is COc1cc(C=NNC(=O)C(=O)Nc2c(C)cccc2C)ccc1OC(=O)c1ccccc1OC. The third-order valence-corrected chi connectivity index (χ3v) is 5.02. The van der Waals surface area contributed by atoms with Crippen molar-refractivity contribution in [2.75, 3.05) is 19.5 Å². The van der Waals surface area contributed by atoms with Crippen LogP contribution in [-0.4, -0.2) is 38.2 Å². The number of amides is 2. The normalized spacial score (nSPS) is 10.5. The molecule has 0 aliphatic carbocycles. The molecule has 3 aromatic rings. The monoisotopic (exact) mass is 475 g/mol. The zero-order valence-electron chi connectivity index (χ0n) is 19.7. The second kappa shape index (κ2) is 11.5. The number of para-hydroxylation sites is 2. The van der Waals surface area contributed by atoms with Crippen LogP contribution in [0.25, 0.3) is 0 Å². The van der Waals surface area contributed by atoms with Gasteiger partial charge in [0.2, 0.25) is 0 Å². The van der Waals surface area contributed by atoms with Gasteiger partial charge in [-0.3, -0.25) is 9.59 Å². The molecule has 0 bridgehead atoms. The van der Waals surface area contributed by atoms with Gasteiger partial charge in [-0.15, -0.1) is 0 Å². The van der Waals surface area contributed by atoms with E-state index in [1.54, 1.807) is 36.4 Å². The van der Waals surface area contributed by atoms with E-state index in [1.165, 1.54) is 26.5 Å². The molecule has 0 spiro atoms. The number of benzene rings is 3. The van der Waals surface area contributed by atoms with Crippen molar-refractivity contribution in [2.24, 2.45) is 5.10 Å². The maximum atomic E-state index is 12.6. The van der Waals surface area contributed by atoms with Gasteiger partial charge in [0.25, 0.3) is 0 Å². The molecule has 0 saturated heterocycles. The van der Waals surface area contributed by atoms with Gasteiger partial charge in [0.1, 0.15) is 11.3 Å². The maximum Gasteiger partial charge on any atom is 0.347 e. The van der Waals surface area contributed by atoms with E-state index in [9.17, 15) is 14.4 Å². The number of hydrogen-bond donors (Lipinski definition) is 2. The van der Waals surface area contributed by atoms with Gasteiger partial charge in [-0.1, -0.05) is 30.3 Å². The van der Waals surface area contributed by atoms with Crippen LogP contribution < -0.4 is 25.0 Å². The average molecular weight is 476 g/mol. The van der Waals surface area contributed by atoms with Gasteiger partial charge in [-0.25, -0.2) is 10.2 Å². The fourth-order valence-corrected chi connectivity index (χ4v) is 3.22. The molecule has 0 atom stereocenters. The Hall–Kier alpha value is -4.66. The number of carbonyl (C=O) groups excluding carboxylic acids is 3. The number of esters is 1. The van der Waals surface area contributed by atoms with Gasteiger partial charge in [-0.2, -0.15) is 5.10 Å². The Bertz CT molecular complexity index is 1270. The minimum absolute atomic E-state index is 0.192. The van der Waals surface area contributed by atoms with Gasteiger partial charge >= 0.3 is 17.8 Å². The summed E-state index contributed by atoms with van der Waals surface area (Å²) in [5.41, 5.74) is 5.26. The number of hydrogen-bond acceptors (Lipinski definition) is 7. The lowest BCUT2D eigenvalue weighted by Crippen LogP contribution is -2.32. The zero-order chi connectivity index (χ0) is 25.4. The number of methoxy groups -OCH3 is 2. The van der Waals surface area contributed by atoms with Gasteiger partial charge in [0.15, 0.2) is 11.5 Å². The van der Waals surface area contributed by atoms with Crippen molar-refractivity contribution in [3.05, 3.63) is 82.9 Å². The summed E-state index contributed by atoms with van der Waals surface area (Å²) < 4.78 is 16.0. The number of anilines is 1. The first-order chi connectivity index (χ1) is 16.8. The molecule has 9 nitrogen and oxygen atoms in total. The highest BCUT2D eigenvalue weighted by Gasteiger charge is 2.17. The summed E-state index contributed by atoms with van der Waals surface area (Å²) in [7, 11) is 2.89. The molecule has 0 heterocycles. The van der Waals surface area contributed by atoms with E-state index in [2.05, 4.69) is 15.8 Å². The molecule has 0 fully saturated rings. The number of ether oxygens (including phenoxy) is 3. The number of rotatable bonds is 7. The second-order valence-electron chi connectivity index (χ2n) is 7.42. The molecule has 0 aromatic heterocycles. The molecule has 0 saturated carbocycles.